The molecule has 0 bridgehead atoms. The molecule has 2 heterocycles. The van der Waals surface area contributed by atoms with Gasteiger partial charge in [-0.3, -0.25) is 19.1 Å². The Balaban J connectivity index is 1.73. The van der Waals surface area contributed by atoms with E-state index in [4.69, 9.17) is 34.8 Å². The van der Waals surface area contributed by atoms with Crippen molar-refractivity contribution < 1.29 is 14.0 Å². The molecule has 11 heteroatoms. The van der Waals surface area contributed by atoms with Crippen LogP contribution in [0.25, 0.3) is 17.1 Å². The second-order valence-corrected chi connectivity index (χ2v) is 8.89. The topological polar surface area (TPSA) is 68.1 Å². The number of likely N-dealkylation sites (tertiary alicyclic amines) is 1. The van der Waals surface area contributed by atoms with Crippen LogP contribution in [0.4, 0.5) is 4.39 Å². The lowest BCUT2D eigenvalue weighted by atomic mass is 10.2. The van der Waals surface area contributed by atoms with E-state index in [0.717, 1.165) is 11.8 Å². The zero-order chi connectivity index (χ0) is 22.1. The first-order valence-corrected chi connectivity index (χ1v) is 11.3. The molecule has 0 N–H and O–H groups in total. The van der Waals surface area contributed by atoms with Crippen molar-refractivity contribution >= 4 is 58.4 Å². The first kappa shape index (κ1) is 22.1. The Kier molecular flexibility index (Phi) is 6.52. The monoisotopic (exact) mass is 498 g/mol. The number of benzene rings is 2. The smallest absolute Gasteiger partial charge is 0.239 e. The van der Waals surface area contributed by atoms with Crippen LogP contribution in [-0.2, 0) is 9.59 Å². The normalized spacial score (nSPS) is 13.8. The third-order valence-corrected chi connectivity index (χ3v) is 6.42. The molecule has 1 aliphatic heterocycles. The van der Waals surface area contributed by atoms with E-state index in [1.807, 2.05) is 0 Å². The van der Waals surface area contributed by atoms with Crippen molar-refractivity contribution in [2.24, 2.45) is 0 Å². The summed E-state index contributed by atoms with van der Waals surface area (Å²) in [6.07, 6.45) is 1.04. The van der Waals surface area contributed by atoms with E-state index >= 15 is 0 Å². The molecule has 160 valence electrons. The van der Waals surface area contributed by atoms with Crippen LogP contribution in [0.5, 0.6) is 0 Å². The molecule has 1 aromatic heterocycles. The summed E-state index contributed by atoms with van der Waals surface area (Å²) >= 11 is 19.5. The Morgan fingerprint density at radius 2 is 1.90 bits per heavy atom. The lowest BCUT2D eigenvalue weighted by Crippen LogP contribution is -2.33. The zero-order valence-electron chi connectivity index (χ0n) is 15.8. The minimum absolute atomic E-state index is 0.00680. The lowest BCUT2D eigenvalue weighted by molar-refractivity contribution is -0.140. The molecule has 0 radical (unpaired) electrons. The lowest BCUT2D eigenvalue weighted by Gasteiger charge is -2.14. The molecule has 6 nitrogen and oxygen atoms in total. The van der Waals surface area contributed by atoms with E-state index in [-0.39, 0.29) is 22.6 Å². The minimum Gasteiger partial charge on any atom is -0.282 e. The number of hydrogen-bond acceptors (Lipinski definition) is 5. The third kappa shape index (κ3) is 4.57. The number of thioether (sulfide) groups is 1. The van der Waals surface area contributed by atoms with Gasteiger partial charge >= 0.3 is 0 Å². The van der Waals surface area contributed by atoms with Gasteiger partial charge in [0.2, 0.25) is 11.8 Å². The van der Waals surface area contributed by atoms with Crippen LogP contribution in [0.3, 0.4) is 0 Å². The number of nitrogens with zero attached hydrogens (tertiary/aromatic N) is 4. The number of rotatable bonds is 5. The average Bonchev–Trinajstić information content (AvgIpc) is 3.34. The molecule has 1 fully saturated rings. The summed E-state index contributed by atoms with van der Waals surface area (Å²) in [5.41, 5.74) is 1.04. The van der Waals surface area contributed by atoms with E-state index in [0.29, 0.717) is 51.7 Å². The fraction of sp³-hybridized carbons (Fsp3) is 0.200. The predicted octanol–water partition coefficient (Wildman–Crippen LogP) is 5.27. The van der Waals surface area contributed by atoms with Crippen LogP contribution >= 0.6 is 46.6 Å². The Morgan fingerprint density at radius 1 is 1.10 bits per heavy atom. The number of halogens is 4. The highest BCUT2D eigenvalue weighted by Gasteiger charge is 2.27. The highest BCUT2D eigenvalue weighted by molar-refractivity contribution is 7.99. The summed E-state index contributed by atoms with van der Waals surface area (Å²) < 4.78 is 15.4. The molecule has 31 heavy (non-hydrogen) atoms. The fourth-order valence-electron chi connectivity index (χ4n) is 3.18. The van der Waals surface area contributed by atoms with Gasteiger partial charge in [0.05, 0.1) is 21.5 Å². The van der Waals surface area contributed by atoms with Crippen molar-refractivity contribution in [1.29, 1.82) is 0 Å². The first-order valence-electron chi connectivity index (χ1n) is 9.17. The van der Waals surface area contributed by atoms with Crippen LogP contribution in [0.2, 0.25) is 15.1 Å². The van der Waals surface area contributed by atoms with E-state index in [2.05, 4.69) is 10.2 Å². The summed E-state index contributed by atoms with van der Waals surface area (Å²) in [5.74, 6) is -0.679. The molecule has 0 atom stereocenters. The number of amides is 2. The van der Waals surface area contributed by atoms with Gasteiger partial charge in [-0.15, -0.1) is 10.2 Å². The Bertz CT molecular complexity index is 1190. The summed E-state index contributed by atoms with van der Waals surface area (Å²) in [4.78, 5) is 25.5. The van der Waals surface area contributed by atoms with Gasteiger partial charge in [-0.05, 0) is 42.8 Å². The molecule has 2 aromatic carbocycles. The van der Waals surface area contributed by atoms with Crippen molar-refractivity contribution in [1.82, 2.24) is 19.7 Å². The van der Waals surface area contributed by atoms with Gasteiger partial charge < -0.3 is 0 Å². The molecule has 4 rings (SSSR count). The molecule has 0 spiro atoms. The average molecular weight is 500 g/mol. The molecular formula is C20H14Cl3FN4O2S. The van der Waals surface area contributed by atoms with Gasteiger partial charge in [-0.25, -0.2) is 4.39 Å². The Labute approximate surface area is 196 Å². The number of carbonyl (C=O) groups excluding carboxylic acids is 2. The Hall–Kier alpha value is -2.13. The first-order chi connectivity index (χ1) is 14.8. The van der Waals surface area contributed by atoms with Crippen LogP contribution in [0.15, 0.2) is 41.6 Å². The summed E-state index contributed by atoms with van der Waals surface area (Å²) in [5, 5.41) is 9.53. The second kappa shape index (κ2) is 9.16. The zero-order valence-corrected chi connectivity index (χ0v) is 18.9. The quantitative estimate of drug-likeness (QED) is 0.447. The molecule has 3 aromatic rings. The van der Waals surface area contributed by atoms with Gasteiger partial charge in [0.15, 0.2) is 11.0 Å². The van der Waals surface area contributed by atoms with E-state index < -0.39 is 5.82 Å². The van der Waals surface area contributed by atoms with E-state index in [1.165, 1.54) is 23.1 Å². The van der Waals surface area contributed by atoms with Crippen LogP contribution in [0, 0.1) is 5.82 Å². The maximum absolute atomic E-state index is 13.7. The summed E-state index contributed by atoms with van der Waals surface area (Å²) in [6, 6.07) is 9.11. The molecule has 1 aliphatic rings. The van der Waals surface area contributed by atoms with Gasteiger partial charge in [-0.2, -0.15) is 0 Å². The largest absolute Gasteiger partial charge is 0.282 e. The SMILES string of the molecule is O=C1CCCN1C(=O)CSc1nnc(-c2ccc(Cl)cc2Cl)n1-c1ccc(F)c(Cl)c1. The maximum atomic E-state index is 13.7. The molecule has 2 amide bonds. The van der Waals surface area contributed by atoms with Crippen molar-refractivity contribution in [2.45, 2.75) is 18.0 Å². The van der Waals surface area contributed by atoms with Crippen LogP contribution in [-0.4, -0.2) is 43.8 Å². The second-order valence-electron chi connectivity index (χ2n) is 6.70. The van der Waals surface area contributed by atoms with Gasteiger partial charge in [0, 0.05) is 23.6 Å². The Morgan fingerprint density at radius 3 is 2.58 bits per heavy atom. The molecule has 1 saturated heterocycles. The van der Waals surface area contributed by atoms with E-state index in [1.54, 1.807) is 22.8 Å². The van der Waals surface area contributed by atoms with E-state index in [9.17, 15) is 14.0 Å². The number of imide groups is 1. The molecule has 0 unspecified atom stereocenters. The van der Waals surface area contributed by atoms with Crippen LogP contribution < -0.4 is 0 Å². The van der Waals surface area contributed by atoms with Gasteiger partial charge in [0.1, 0.15) is 5.82 Å². The summed E-state index contributed by atoms with van der Waals surface area (Å²) in [6.45, 7) is 0.421. The highest BCUT2D eigenvalue weighted by atomic mass is 35.5. The van der Waals surface area contributed by atoms with Crippen molar-refractivity contribution in [3.63, 3.8) is 0 Å². The van der Waals surface area contributed by atoms with Crippen LogP contribution in [0.1, 0.15) is 12.8 Å². The van der Waals surface area contributed by atoms with Crippen molar-refractivity contribution in [3.05, 3.63) is 57.3 Å². The van der Waals surface area contributed by atoms with Crippen molar-refractivity contribution in [2.75, 3.05) is 12.3 Å². The standard InChI is InChI=1S/C20H14Cl3FN4O2S/c21-11-3-5-13(14(22)8-11)19-25-26-20(28(19)12-4-6-16(24)15(23)9-12)31-10-18(30)27-7-1-2-17(27)29/h3-6,8-9H,1-2,7,10H2. The predicted molar refractivity (Wildman–Crippen MR) is 118 cm³/mol. The van der Waals surface area contributed by atoms with Gasteiger partial charge in [-0.1, -0.05) is 46.6 Å². The maximum Gasteiger partial charge on any atom is 0.239 e. The highest BCUT2D eigenvalue weighted by Crippen LogP contribution is 2.34. The minimum atomic E-state index is -0.568. The summed E-state index contributed by atoms with van der Waals surface area (Å²) in [7, 11) is 0. The molecular weight excluding hydrogens is 486 g/mol. The molecule has 0 saturated carbocycles. The molecule has 0 aliphatic carbocycles. The van der Waals surface area contributed by atoms with Gasteiger partial charge in [0.25, 0.3) is 0 Å². The number of carbonyl (C=O) groups is 2. The fourth-order valence-corrected chi connectivity index (χ4v) is 4.68. The van der Waals surface area contributed by atoms with Crippen molar-refractivity contribution in [3.8, 4) is 17.1 Å². The number of hydrogen-bond donors (Lipinski definition) is 0. The third-order valence-electron chi connectivity index (χ3n) is 4.67. The number of aromatic nitrogens is 3.